The highest BCUT2D eigenvalue weighted by atomic mass is 32.2. The van der Waals surface area contributed by atoms with Crippen LogP contribution in [0.25, 0.3) is 5.52 Å². The largest absolute Gasteiger partial charge is 0.477 e. The number of nitrogens with zero attached hydrogens (tertiary/aromatic N) is 5. The van der Waals surface area contributed by atoms with Gasteiger partial charge in [0.05, 0.1) is 12.8 Å². The number of oxime groups is 1. The van der Waals surface area contributed by atoms with E-state index in [2.05, 4.69) is 20.3 Å². The van der Waals surface area contributed by atoms with Crippen molar-refractivity contribution in [1.82, 2.24) is 19.6 Å². The lowest BCUT2D eigenvalue weighted by Gasteiger charge is -2.49. The van der Waals surface area contributed by atoms with E-state index in [9.17, 15) is 29.0 Å². The van der Waals surface area contributed by atoms with Gasteiger partial charge in [-0.2, -0.15) is 4.57 Å². The van der Waals surface area contributed by atoms with Crippen LogP contribution in [0.4, 0.5) is 9.52 Å². The molecule has 2 atom stereocenters. The van der Waals surface area contributed by atoms with Crippen molar-refractivity contribution in [3.05, 3.63) is 58.8 Å². The molecule has 5 heterocycles. The standard InChI is InChI=1S/C22H20FN7O6S2/c23-10-36-27-15(14-9-38-22(24)25-14)18(32)26-16-19(33)30-17(21(34)35)11(8-37-20(16)30)5-28-3-4-29-12(6-28)1-2-13(29)7-31/h1-4,6,9,16,20,31H,5,7-8,10H2,(H3-,24,25,26,32,34,35)/p+1/b27-15-/t16-,20+/m1/s1. The molecule has 1 saturated heterocycles. The van der Waals surface area contributed by atoms with E-state index in [0.717, 1.165) is 27.4 Å². The summed E-state index contributed by atoms with van der Waals surface area (Å²) in [4.78, 5) is 47.6. The fourth-order valence-electron chi connectivity index (χ4n) is 4.31. The number of carbonyl (C=O) groups is 3. The number of aromatic nitrogens is 3. The first kappa shape index (κ1) is 25.6. The maximum absolute atomic E-state index is 13.0. The van der Waals surface area contributed by atoms with Gasteiger partial charge in [-0.1, -0.05) is 5.16 Å². The number of thioether (sulfide) groups is 1. The Kier molecular flexibility index (Phi) is 7.00. The van der Waals surface area contributed by atoms with E-state index in [0.29, 0.717) is 11.3 Å². The number of carboxylic acid groups (broad SMARTS) is 1. The molecule has 0 saturated carbocycles. The molecular weight excluding hydrogens is 541 g/mol. The maximum atomic E-state index is 13.0. The molecule has 0 bridgehead atoms. The number of nitrogens with two attached hydrogens (primary N) is 1. The van der Waals surface area contributed by atoms with E-state index >= 15 is 0 Å². The first-order valence-corrected chi connectivity index (χ1v) is 13.0. The number of hydrogen-bond acceptors (Lipinski definition) is 10. The van der Waals surface area contributed by atoms with E-state index in [1.165, 1.54) is 17.1 Å². The van der Waals surface area contributed by atoms with Crippen molar-refractivity contribution in [3.63, 3.8) is 0 Å². The zero-order valence-corrected chi connectivity index (χ0v) is 21.1. The van der Waals surface area contributed by atoms with Gasteiger partial charge in [0.15, 0.2) is 29.8 Å². The van der Waals surface area contributed by atoms with Gasteiger partial charge in [0.25, 0.3) is 18.7 Å². The van der Waals surface area contributed by atoms with Crippen LogP contribution in [0.1, 0.15) is 11.4 Å². The van der Waals surface area contributed by atoms with Gasteiger partial charge in [-0.05, 0) is 12.1 Å². The quantitative estimate of drug-likeness (QED) is 0.120. The molecule has 3 aromatic rings. The Bertz CT molecular complexity index is 1500. The van der Waals surface area contributed by atoms with Gasteiger partial charge in [0, 0.05) is 22.4 Å². The number of nitrogen functional groups attached to an aromatic ring is 1. The number of nitrogens with one attached hydrogen (secondary N) is 1. The Morgan fingerprint density at radius 1 is 1.39 bits per heavy atom. The second-order valence-electron chi connectivity index (χ2n) is 8.24. The summed E-state index contributed by atoms with van der Waals surface area (Å²) in [6.45, 7) is -1.17. The van der Waals surface area contributed by atoms with Gasteiger partial charge in [0.2, 0.25) is 0 Å². The van der Waals surface area contributed by atoms with Crippen LogP contribution in [0.15, 0.2) is 52.5 Å². The third kappa shape index (κ3) is 4.57. The van der Waals surface area contributed by atoms with Crippen LogP contribution in [0.3, 0.4) is 0 Å². The van der Waals surface area contributed by atoms with E-state index in [1.54, 1.807) is 23.0 Å². The Morgan fingerprint density at radius 2 is 2.21 bits per heavy atom. The molecule has 198 valence electrons. The third-order valence-electron chi connectivity index (χ3n) is 6.00. The first-order chi connectivity index (χ1) is 18.3. The molecule has 2 aliphatic heterocycles. The van der Waals surface area contributed by atoms with E-state index in [1.807, 2.05) is 16.7 Å². The van der Waals surface area contributed by atoms with Crippen molar-refractivity contribution in [3.8, 4) is 0 Å². The molecule has 0 spiro atoms. The van der Waals surface area contributed by atoms with E-state index in [-0.39, 0.29) is 35.4 Å². The number of halogens is 1. The van der Waals surface area contributed by atoms with Crippen LogP contribution in [-0.4, -0.2) is 72.0 Å². The van der Waals surface area contributed by atoms with Crippen LogP contribution in [0, 0.1) is 0 Å². The highest BCUT2D eigenvalue weighted by Gasteiger charge is 2.54. The molecule has 3 aromatic heterocycles. The fourth-order valence-corrected chi connectivity index (χ4v) is 6.20. The minimum Gasteiger partial charge on any atom is -0.477 e. The predicted octanol–water partition coefficient (Wildman–Crippen LogP) is -0.156. The number of aliphatic carboxylic acids is 1. The molecule has 2 aliphatic rings. The molecule has 0 aromatic carbocycles. The van der Waals surface area contributed by atoms with Crippen molar-refractivity contribution in [2.24, 2.45) is 5.16 Å². The molecule has 2 amide bonds. The Morgan fingerprint density at radius 3 is 2.89 bits per heavy atom. The number of rotatable bonds is 9. The van der Waals surface area contributed by atoms with E-state index < -0.39 is 36.1 Å². The van der Waals surface area contributed by atoms with Crippen molar-refractivity contribution in [2.45, 2.75) is 24.6 Å². The summed E-state index contributed by atoms with van der Waals surface area (Å²) < 4.78 is 16.1. The fraction of sp³-hybridized carbons (Fsp3) is 0.273. The number of carbonyl (C=O) groups excluding carboxylic acids is 2. The number of fused-ring (bicyclic) bond motifs is 2. The number of anilines is 1. The predicted molar refractivity (Wildman–Crippen MR) is 133 cm³/mol. The second-order valence-corrected chi connectivity index (χ2v) is 10.2. The molecular formula is C22H21FN7O6S2+. The number of thiazole rings is 1. The summed E-state index contributed by atoms with van der Waals surface area (Å²) in [6, 6.07) is 2.60. The summed E-state index contributed by atoms with van der Waals surface area (Å²) in [7, 11) is 0. The molecule has 16 heteroatoms. The topological polar surface area (TPSA) is 176 Å². The number of aliphatic hydroxyl groups excluding tert-OH is 1. The number of aliphatic hydroxyl groups is 1. The smallest absolute Gasteiger partial charge is 0.352 e. The van der Waals surface area contributed by atoms with E-state index in [4.69, 9.17) is 5.73 Å². The molecule has 5 rings (SSSR count). The lowest BCUT2D eigenvalue weighted by atomic mass is 10.0. The number of carboxylic acids is 1. The van der Waals surface area contributed by atoms with Gasteiger partial charge >= 0.3 is 5.97 Å². The molecule has 0 radical (unpaired) electrons. The highest BCUT2D eigenvalue weighted by Crippen LogP contribution is 2.40. The zero-order valence-electron chi connectivity index (χ0n) is 19.5. The van der Waals surface area contributed by atoms with Crippen LogP contribution in [0.2, 0.25) is 0 Å². The number of amides is 2. The molecule has 5 N–H and O–H groups in total. The van der Waals surface area contributed by atoms with Gasteiger partial charge in [-0.25, -0.2) is 14.2 Å². The Hall–Kier alpha value is -4.02. The summed E-state index contributed by atoms with van der Waals surface area (Å²) in [5.41, 5.74) is 7.22. The highest BCUT2D eigenvalue weighted by molar-refractivity contribution is 8.00. The number of β-lactam (4-membered cyclic amide) rings is 1. The van der Waals surface area contributed by atoms with Gasteiger partial charge in [0.1, 0.15) is 28.3 Å². The summed E-state index contributed by atoms with van der Waals surface area (Å²) in [6.07, 6.45) is 5.33. The zero-order chi connectivity index (χ0) is 27.0. The average Bonchev–Trinajstić information content (AvgIpc) is 3.52. The monoisotopic (exact) mass is 562 g/mol. The minimum atomic E-state index is -1.28. The molecule has 38 heavy (non-hydrogen) atoms. The Labute approximate surface area is 222 Å². The first-order valence-electron chi connectivity index (χ1n) is 11.1. The van der Waals surface area contributed by atoms with Crippen LogP contribution in [0.5, 0.6) is 0 Å². The van der Waals surface area contributed by atoms with Gasteiger partial charge in [-0.3, -0.25) is 14.5 Å². The van der Waals surface area contributed by atoms with Crippen LogP contribution >= 0.6 is 23.1 Å². The number of alkyl halides is 1. The lowest BCUT2D eigenvalue weighted by Crippen LogP contribution is -2.71. The lowest BCUT2D eigenvalue weighted by molar-refractivity contribution is -0.688. The van der Waals surface area contributed by atoms with Crippen molar-refractivity contribution in [2.75, 3.05) is 18.3 Å². The normalized spacial score (nSPS) is 19.4. The molecule has 0 aliphatic carbocycles. The van der Waals surface area contributed by atoms with Crippen LogP contribution in [-0.2, 0) is 32.4 Å². The van der Waals surface area contributed by atoms with Crippen molar-refractivity contribution in [1.29, 1.82) is 0 Å². The SMILES string of the molecule is Nc1nc(/C(=N/OCF)C(=O)N[C@@H]2C(=O)N3C(C(=O)O)=C(C[n+]4ccn5c(CO)ccc5c4)CS[C@@H]23)cs1. The third-order valence-corrected chi connectivity index (χ3v) is 8.01. The average molecular weight is 563 g/mol. The second kappa shape index (κ2) is 10.4. The molecule has 1 fully saturated rings. The van der Waals surface area contributed by atoms with Crippen molar-refractivity contribution >= 4 is 57.2 Å². The molecule has 13 nitrogen and oxygen atoms in total. The Balaban J connectivity index is 1.35. The molecule has 0 unspecified atom stereocenters. The summed E-state index contributed by atoms with van der Waals surface area (Å²) in [5.74, 6) is -2.40. The van der Waals surface area contributed by atoms with Gasteiger partial charge < -0.3 is 30.5 Å². The van der Waals surface area contributed by atoms with Gasteiger partial charge in [-0.15, -0.1) is 23.1 Å². The number of hydrogen-bond donors (Lipinski definition) is 4. The summed E-state index contributed by atoms with van der Waals surface area (Å²) in [5, 5.41) is 26.3. The summed E-state index contributed by atoms with van der Waals surface area (Å²) >= 11 is 2.35. The minimum absolute atomic E-state index is 0.0508. The van der Waals surface area contributed by atoms with Crippen LogP contribution < -0.4 is 15.6 Å². The van der Waals surface area contributed by atoms with Crippen molar-refractivity contribution < 1.29 is 38.4 Å². The maximum Gasteiger partial charge on any atom is 0.352 e.